The summed E-state index contributed by atoms with van der Waals surface area (Å²) in [6.07, 6.45) is 1.80. The smallest absolute Gasteiger partial charge is 0.256 e. The van der Waals surface area contributed by atoms with Gasteiger partial charge in [0.25, 0.3) is 17.7 Å². The number of likely N-dealkylation sites (N-methyl/N-ethyl adjacent to an activating group) is 1. The molecule has 3 amide bonds. The molecule has 0 saturated carbocycles. The Morgan fingerprint density at radius 1 is 0.881 bits per heavy atom. The van der Waals surface area contributed by atoms with Crippen LogP contribution >= 0.6 is 0 Å². The summed E-state index contributed by atoms with van der Waals surface area (Å²) >= 11 is 0. The number of aryl methyl sites for hydroxylation is 1. The van der Waals surface area contributed by atoms with Crippen molar-refractivity contribution in [3.63, 3.8) is 0 Å². The van der Waals surface area contributed by atoms with Gasteiger partial charge in [0.2, 0.25) is 0 Å². The third kappa shape index (κ3) is 6.26. The van der Waals surface area contributed by atoms with Crippen LogP contribution in [-0.4, -0.2) is 54.8 Å². The number of hydrogen-bond acceptors (Lipinski definition) is 5. The molecule has 5 N–H and O–H groups in total. The molecule has 9 heteroatoms. The minimum atomic E-state index is -0.212. The number of aromatic nitrogens is 1. The fraction of sp³-hybridized carbons (Fsp3) is 0.182. The lowest BCUT2D eigenvalue weighted by molar-refractivity contribution is -0.110. The molecule has 0 spiro atoms. The van der Waals surface area contributed by atoms with Crippen molar-refractivity contribution in [1.29, 1.82) is 0 Å². The van der Waals surface area contributed by atoms with E-state index in [4.69, 9.17) is 0 Å². The standard InChI is InChI=1S/C33H34N6O3/c1-20-28(35-21(2)30(20)33(42)34-15-16-39(3)4)19-27-26-14-13-25(18-29(26)38-32(27)41)36-23-11-8-12-24(17-23)37-31(40)22-9-6-5-7-10-22/h5-14,17-19,35-36H,15-16H2,1-4H3,(H,34,42)(H,37,40)(H,38,41)/b27-19-. The fourth-order valence-corrected chi connectivity index (χ4v) is 4.93. The van der Waals surface area contributed by atoms with Crippen molar-refractivity contribution in [2.75, 3.05) is 43.1 Å². The number of benzene rings is 3. The summed E-state index contributed by atoms with van der Waals surface area (Å²) in [5.74, 6) is -0.531. The van der Waals surface area contributed by atoms with Crippen LogP contribution in [0.4, 0.5) is 22.7 Å². The highest BCUT2D eigenvalue weighted by molar-refractivity contribution is 6.35. The zero-order valence-corrected chi connectivity index (χ0v) is 24.1. The summed E-state index contributed by atoms with van der Waals surface area (Å²) in [5.41, 5.74) is 7.66. The van der Waals surface area contributed by atoms with E-state index in [0.29, 0.717) is 34.6 Å². The molecule has 3 aromatic carbocycles. The van der Waals surface area contributed by atoms with E-state index in [-0.39, 0.29) is 17.7 Å². The number of carbonyl (C=O) groups excluding carboxylic acids is 3. The molecule has 0 bridgehead atoms. The van der Waals surface area contributed by atoms with Gasteiger partial charge in [-0.15, -0.1) is 0 Å². The van der Waals surface area contributed by atoms with E-state index in [1.807, 2.05) is 93.5 Å². The molecule has 9 nitrogen and oxygen atoms in total. The Bertz CT molecular complexity index is 1690. The highest BCUT2D eigenvalue weighted by atomic mass is 16.2. The number of fused-ring (bicyclic) bond motifs is 1. The van der Waals surface area contributed by atoms with Gasteiger partial charge in [-0.1, -0.05) is 30.3 Å². The molecule has 1 aliphatic rings. The largest absolute Gasteiger partial charge is 0.358 e. The molecule has 214 valence electrons. The Morgan fingerprint density at radius 3 is 2.38 bits per heavy atom. The second-order valence-corrected chi connectivity index (χ2v) is 10.5. The van der Waals surface area contributed by atoms with Gasteiger partial charge in [-0.3, -0.25) is 14.4 Å². The van der Waals surface area contributed by atoms with E-state index in [1.165, 1.54) is 0 Å². The van der Waals surface area contributed by atoms with E-state index in [2.05, 4.69) is 26.3 Å². The zero-order valence-electron chi connectivity index (χ0n) is 24.1. The molecule has 0 fully saturated rings. The summed E-state index contributed by atoms with van der Waals surface area (Å²) in [7, 11) is 3.91. The van der Waals surface area contributed by atoms with Crippen LogP contribution in [0.5, 0.6) is 0 Å². The Balaban J connectivity index is 1.32. The minimum Gasteiger partial charge on any atom is -0.358 e. The average molecular weight is 563 g/mol. The van der Waals surface area contributed by atoms with Gasteiger partial charge in [0, 0.05) is 52.7 Å². The van der Waals surface area contributed by atoms with Crippen molar-refractivity contribution in [3.8, 4) is 0 Å². The van der Waals surface area contributed by atoms with E-state index in [9.17, 15) is 14.4 Å². The van der Waals surface area contributed by atoms with Crippen molar-refractivity contribution < 1.29 is 14.4 Å². The monoisotopic (exact) mass is 562 g/mol. The highest BCUT2D eigenvalue weighted by Crippen LogP contribution is 2.36. The third-order valence-corrected chi connectivity index (χ3v) is 7.08. The first-order chi connectivity index (χ1) is 20.2. The Hall–Kier alpha value is -5.15. The van der Waals surface area contributed by atoms with Crippen LogP contribution in [0.25, 0.3) is 11.6 Å². The Kier molecular flexibility index (Phi) is 8.21. The maximum Gasteiger partial charge on any atom is 0.256 e. The van der Waals surface area contributed by atoms with Crippen LogP contribution < -0.4 is 21.3 Å². The van der Waals surface area contributed by atoms with Gasteiger partial charge in [0.05, 0.1) is 16.8 Å². The van der Waals surface area contributed by atoms with Crippen LogP contribution in [0.15, 0.2) is 72.8 Å². The second-order valence-electron chi connectivity index (χ2n) is 10.5. The van der Waals surface area contributed by atoms with Crippen molar-refractivity contribution >= 4 is 52.1 Å². The summed E-state index contributed by atoms with van der Waals surface area (Å²) in [6, 6.07) is 22.2. The molecule has 4 aromatic rings. The topological polar surface area (TPSA) is 118 Å². The second kappa shape index (κ2) is 12.2. The summed E-state index contributed by atoms with van der Waals surface area (Å²) < 4.78 is 0. The van der Waals surface area contributed by atoms with Crippen LogP contribution in [0.3, 0.4) is 0 Å². The fourth-order valence-electron chi connectivity index (χ4n) is 4.93. The summed E-state index contributed by atoms with van der Waals surface area (Å²) in [5, 5.41) is 12.2. The highest BCUT2D eigenvalue weighted by Gasteiger charge is 2.26. The summed E-state index contributed by atoms with van der Waals surface area (Å²) in [6.45, 7) is 5.03. The van der Waals surface area contributed by atoms with E-state index in [1.54, 1.807) is 18.2 Å². The molecule has 1 aliphatic heterocycles. The first-order valence-electron chi connectivity index (χ1n) is 13.7. The third-order valence-electron chi connectivity index (χ3n) is 7.08. The molecule has 0 unspecified atom stereocenters. The zero-order chi connectivity index (χ0) is 29.8. The number of nitrogens with zero attached hydrogens (tertiary/aromatic N) is 1. The van der Waals surface area contributed by atoms with Crippen LogP contribution in [0, 0.1) is 13.8 Å². The van der Waals surface area contributed by atoms with Gasteiger partial charge in [-0.05, 0) is 82.0 Å². The number of carbonyl (C=O) groups is 3. The number of amides is 3. The van der Waals surface area contributed by atoms with Crippen molar-refractivity contribution in [2.24, 2.45) is 0 Å². The normalized spacial score (nSPS) is 13.2. The van der Waals surface area contributed by atoms with E-state index >= 15 is 0 Å². The molecule has 42 heavy (non-hydrogen) atoms. The average Bonchev–Trinajstić information content (AvgIpc) is 3.42. The van der Waals surface area contributed by atoms with Crippen molar-refractivity contribution in [1.82, 2.24) is 15.2 Å². The molecule has 0 atom stereocenters. The molecule has 0 aliphatic carbocycles. The van der Waals surface area contributed by atoms with Crippen LogP contribution in [0.1, 0.15) is 43.2 Å². The lowest BCUT2D eigenvalue weighted by Crippen LogP contribution is -2.31. The first-order valence-corrected chi connectivity index (χ1v) is 13.7. The van der Waals surface area contributed by atoms with Gasteiger partial charge in [-0.2, -0.15) is 0 Å². The number of anilines is 4. The number of rotatable bonds is 9. The van der Waals surface area contributed by atoms with Gasteiger partial charge in [0.15, 0.2) is 0 Å². The number of aromatic amines is 1. The van der Waals surface area contributed by atoms with E-state index in [0.717, 1.165) is 40.4 Å². The molecule has 0 saturated heterocycles. The van der Waals surface area contributed by atoms with Crippen molar-refractivity contribution in [2.45, 2.75) is 13.8 Å². The quantitative estimate of drug-likeness (QED) is 0.175. The van der Waals surface area contributed by atoms with Crippen LogP contribution in [-0.2, 0) is 4.79 Å². The molecule has 1 aromatic heterocycles. The lowest BCUT2D eigenvalue weighted by Gasteiger charge is -2.11. The van der Waals surface area contributed by atoms with Crippen LogP contribution in [0.2, 0.25) is 0 Å². The molecular weight excluding hydrogens is 528 g/mol. The molecule has 2 heterocycles. The Morgan fingerprint density at radius 2 is 1.62 bits per heavy atom. The first kappa shape index (κ1) is 28.4. The van der Waals surface area contributed by atoms with Gasteiger partial charge in [0.1, 0.15) is 0 Å². The molecular formula is C33H34N6O3. The molecule has 0 radical (unpaired) electrons. The van der Waals surface area contributed by atoms with Gasteiger partial charge in [-0.25, -0.2) is 0 Å². The van der Waals surface area contributed by atoms with Gasteiger partial charge < -0.3 is 31.2 Å². The summed E-state index contributed by atoms with van der Waals surface area (Å²) in [4.78, 5) is 43.6. The maximum absolute atomic E-state index is 13.0. The van der Waals surface area contributed by atoms with Gasteiger partial charge >= 0.3 is 0 Å². The SMILES string of the molecule is Cc1[nH]c(/C=C2\C(=O)Nc3cc(Nc4cccc(NC(=O)c5ccccc5)c4)ccc32)c(C)c1C(=O)NCCN(C)C. The predicted molar refractivity (Wildman–Crippen MR) is 168 cm³/mol. The number of hydrogen-bond donors (Lipinski definition) is 5. The lowest BCUT2D eigenvalue weighted by atomic mass is 10.0. The number of nitrogens with one attached hydrogen (secondary N) is 5. The number of H-pyrrole nitrogens is 1. The molecule has 5 rings (SSSR count). The van der Waals surface area contributed by atoms with Crippen molar-refractivity contribution in [3.05, 3.63) is 106 Å². The Labute approximate surface area is 245 Å². The van der Waals surface area contributed by atoms with E-state index < -0.39 is 0 Å². The maximum atomic E-state index is 13.0. The predicted octanol–water partition coefficient (Wildman–Crippen LogP) is 5.41. The minimum absolute atomic E-state index is 0.136.